The molecule has 0 aliphatic carbocycles. The van der Waals surface area contributed by atoms with Crippen molar-refractivity contribution in [1.82, 2.24) is 19.7 Å². The summed E-state index contributed by atoms with van der Waals surface area (Å²) < 4.78 is 45.6. The van der Waals surface area contributed by atoms with Crippen LogP contribution in [0.25, 0.3) is 22.4 Å². The molecule has 146 valence electrons. The highest BCUT2D eigenvalue weighted by Crippen LogP contribution is 2.37. The molecule has 2 aromatic heterocycles. The molecular weight excluding hydrogens is 371 g/mol. The third-order valence-electron chi connectivity index (χ3n) is 5.32. The molecule has 0 radical (unpaired) electrons. The van der Waals surface area contributed by atoms with Gasteiger partial charge in [0.15, 0.2) is 11.5 Å². The summed E-state index contributed by atoms with van der Waals surface area (Å²) in [6, 6.07) is 9.63. The molecule has 4 heterocycles. The summed E-state index contributed by atoms with van der Waals surface area (Å²) in [6.45, 7) is 0.00978. The Bertz CT molecular complexity index is 988. The predicted octanol–water partition coefficient (Wildman–Crippen LogP) is 3.42. The van der Waals surface area contributed by atoms with Crippen LogP contribution in [0.5, 0.6) is 0 Å². The minimum atomic E-state index is -4.38. The maximum Gasteiger partial charge on any atom is 0.408 e. The Hall–Kier alpha value is -2.68. The highest BCUT2D eigenvalue weighted by atomic mass is 19.4. The number of hydrogen-bond acceptors (Lipinski definition) is 5. The topological polar surface area (TPSA) is 56.1 Å². The van der Waals surface area contributed by atoms with E-state index in [1.54, 1.807) is 0 Å². The van der Waals surface area contributed by atoms with E-state index in [2.05, 4.69) is 15.0 Å². The van der Waals surface area contributed by atoms with Crippen molar-refractivity contribution >= 4 is 16.9 Å². The van der Waals surface area contributed by atoms with Crippen molar-refractivity contribution in [3.8, 4) is 11.4 Å². The van der Waals surface area contributed by atoms with Gasteiger partial charge in [-0.3, -0.25) is 0 Å². The van der Waals surface area contributed by atoms with Gasteiger partial charge in [-0.05, 0) is 12.8 Å². The molecule has 0 spiro atoms. The maximum atomic E-state index is 13.0. The second kappa shape index (κ2) is 6.44. The first-order chi connectivity index (χ1) is 13.5. The lowest BCUT2D eigenvalue weighted by molar-refractivity contribution is -0.141. The molecule has 3 aromatic rings. The lowest BCUT2D eigenvalue weighted by Gasteiger charge is -2.36. The number of anilines is 1. The summed E-state index contributed by atoms with van der Waals surface area (Å²) in [4.78, 5) is 11.4. The summed E-state index contributed by atoms with van der Waals surface area (Å²) >= 11 is 0. The van der Waals surface area contributed by atoms with E-state index < -0.39 is 12.7 Å². The summed E-state index contributed by atoms with van der Waals surface area (Å²) in [5.74, 6) is 1.05. The molecule has 2 bridgehead atoms. The number of aromatic nitrogens is 4. The molecule has 2 aliphatic heterocycles. The van der Waals surface area contributed by atoms with E-state index in [0.29, 0.717) is 30.2 Å². The van der Waals surface area contributed by atoms with E-state index in [9.17, 15) is 13.2 Å². The zero-order chi connectivity index (χ0) is 19.3. The number of halogens is 3. The van der Waals surface area contributed by atoms with Crippen molar-refractivity contribution in [2.45, 2.75) is 37.6 Å². The highest BCUT2D eigenvalue weighted by molar-refractivity contribution is 5.89. The van der Waals surface area contributed by atoms with Crippen molar-refractivity contribution in [3.05, 3.63) is 36.5 Å². The standard InChI is InChI=1S/C19H18F3N5O/c20-19(21,22)11-26-17-15(8-23-26)18(27-13-6-7-14(27)10-28-9-13)25-16(24-17)12-4-2-1-3-5-12/h1-5,8,13-14H,6-7,9-11H2. The molecule has 2 aliphatic rings. The van der Waals surface area contributed by atoms with E-state index in [4.69, 9.17) is 9.72 Å². The van der Waals surface area contributed by atoms with E-state index in [-0.39, 0.29) is 17.7 Å². The Balaban J connectivity index is 1.70. The van der Waals surface area contributed by atoms with Gasteiger partial charge in [-0.1, -0.05) is 30.3 Å². The van der Waals surface area contributed by atoms with Crippen LogP contribution in [0.1, 0.15) is 12.8 Å². The molecule has 2 saturated heterocycles. The Kier molecular flexibility index (Phi) is 4.01. The van der Waals surface area contributed by atoms with Gasteiger partial charge in [0.1, 0.15) is 12.4 Å². The predicted molar refractivity (Wildman–Crippen MR) is 96.9 cm³/mol. The number of benzene rings is 1. The van der Waals surface area contributed by atoms with Crippen LogP contribution in [0, 0.1) is 0 Å². The van der Waals surface area contributed by atoms with Crippen molar-refractivity contribution < 1.29 is 17.9 Å². The zero-order valence-corrected chi connectivity index (χ0v) is 14.9. The number of hydrogen-bond donors (Lipinski definition) is 0. The fourth-order valence-corrected chi connectivity index (χ4v) is 4.11. The fourth-order valence-electron chi connectivity index (χ4n) is 4.11. The highest BCUT2D eigenvalue weighted by Gasteiger charge is 2.40. The van der Waals surface area contributed by atoms with Crippen molar-refractivity contribution in [2.24, 2.45) is 0 Å². The van der Waals surface area contributed by atoms with E-state index in [1.807, 2.05) is 30.3 Å². The molecule has 28 heavy (non-hydrogen) atoms. The number of alkyl halides is 3. The van der Waals surface area contributed by atoms with Gasteiger partial charge in [0.2, 0.25) is 0 Å². The van der Waals surface area contributed by atoms with Crippen LogP contribution in [-0.4, -0.2) is 51.2 Å². The lowest BCUT2D eigenvalue weighted by Crippen LogP contribution is -2.46. The SMILES string of the molecule is FC(F)(F)Cn1ncc2c(N3C4CCC3COC4)nc(-c3ccccc3)nc21. The molecule has 5 rings (SSSR count). The quantitative estimate of drug-likeness (QED) is 0.687. The Morgan fingerprint density at radius 3 is 2.43 bits per heavy atom. The van der Waals surface area contributed by atoms with Gasteiger partial charge in [0, 0.05) is 5.56 Å². The van der Waals surface area contributed by atoms with Crippen LogP contribution in [-0.2, 0) is 11.3 Å². The van der Waals surface area contributed by atoms with Crippen LogP contribution in [0.3, 0.4) is 0 Å². The first-order valence-electron chi connectivity index (χ1n) is 9.21. The first-order valence-corrected chi connectivity index (χ1v) is 9.21. The monoisotopic (exact) mass is 389 g/mol. The number of morpholine rings is 1. The van der Waals surface area contributed by atoms with Gasteiger partial charge in [0.05, 0.1) is 36.9 Å². The third kappa shape index (κ3) is 2.99. The molecule has 2 atom stereocenters. The van der Waals surface area contributed by atoms with Crippen molar-refractivity contribution in [1.29, 1.82) is 0 Å². The van der Waals surface area contributed by atoms with Gasteiger partial charge in [0.25, 0.3) is 0 Å². The molecule has 1 aromatic carbocycles. The number of nitrogens with zero attached hydrogens (tertiary/aromatic N) is 5. The minimum Gasteiger partial charge on any atom is -0.377 e. The molecule has 9 heteroatoms. The molecule has 0 N–H and O–H groups in total. The molecule has 2 fully saturated rings. The normalized spacial score (nSPS) is 22.2. The molecule has 0 amide bonds. The van der Waals surface area contributed by atoms with E-state index in [1.165, 1.54) is 6.20 Å². The smallest absolute Gasteiger partial charge is 0.377 e. The van der Waals surface area contributed by atoms with E-state index in [0.717, 1.165) is 23.1 Å². The Labute approximate surface area is 158 Å². The van der Waals surface area contributed by atoms with Crippen LogP contribution >= 0.6 is 0 Å². The second-order valence-electron chi connectivity index (χ2n) is 7.22. The fraction of sp³-hybridized carbons (Fsp3) is 0.421. The van der Waals surface area contributed by atoms with Gasteiger partial charge in [-0.15, -0.1) is 0 Å². The average molecular weight is 389 g/mol. The van der Waals surface area contributed by atoms with Crippen LogP contribution in [0.15, 0.2) is 36.5 Å². The molecular formula is C19H18F3N5O. The third-order valence-corrected chi connectivity index (χ3v) is 5.32. The molecule has 6 nitrogen and oxygen atoms in total. The summed E-state index contributed by atoms with van der Waals surface area (Å²) in [5.41, 5.74) is 0.957. The summed E-state index contributed by atoms with van der Waals surface area (Å²) in [5, 5.41) is 4.52. The van der Waals surface area contributed by atoms with Crippen molar-refractivity contribution in [3.63, 3.8) is 0 Å². The van der Waals surface area contributed by atoms with Crippen molar-refractivity contribution in [2.75, 3.05) is 18.1 Å². The van der Waals surface area contributed by atoms with Gasteiger partial charge >= 0.3 is 6.18 Å². The minimum absolute atomic E-state index is 0.173. The van der Waals surface area contributed by atoms with Gasteiger partial charge in [-0.2, -0.15) is 18.3 Å². The Morgan fingerprint density at radius 1 is 1.04 bits per heavy atom. The lowest BCUT2D eigenvalue weighted by atomic mass is 10.2. The molecule has 2 unspecified atom stereocenters. The number of rotatable bonds is 3. The summed E-state index contributed by atoms with van der Waals surface area (Å²) in [7, 11) is 0. The average Bonchev–Trinajstić information content (AvgIpc) is 3.17. The molecule has 0 saturated carbocycles. The first kappa shape index (κ1) is 17.4. The van der Waals surface area contributed by atoms with Gasteiger partial charge < -0.3 is 9.64 Å². The van der Waals surface area contributed by atoms with Gasteiger partial charge in [-0.25, -0.2) is 14.6 Å². The summed E-state index contributed by atoms with van der Waals surface area (Å²) in [6.07, 6.45) is -0.976. The van der Waals surface area contributed by atoms with Crippen LogP contribution < -0.4 is 4.90 Å². The zero-order valence-electron chi connectivity index (χ0n) is 14.9. The largest absolute Gasteiger partial charge is 0.408 e. The van der Waals surface area contributed by atoms with Crippen LogP contribution in [0.2, 0.25) is 0 Å². The van der Waals surface area contributed by atoms with E-state index >= 15 is 0 Å². The van der Waals surface area contributed by atoms with Crippen LogP contribution in [0.4, 0.5) is 19.0 Å². The number of ether oxygens (including phenoxy) is 1. The number of fused-ring (bicyclic) bond motifs is 3. The second-order valence-corrected chi connectivity index (χ2v) is 7.22. The Morgan fingerprint density at radius 2 is 1.75 bits per heavy atom. The maximum absolute atomic E-state index is 13.0.